The minimum atomic E-state index is -3.91. The number of aromatic amines is 1. The molecule has 1 aliphatic heterocycles. The van der Waals surface area contributed by atoms with Gasteiger partial charge in [0.05, 0.1) is 27.8 Å². The van der Waals surface area contributed by atoms with E-state index < -0.39 is 15.6 Å². The zero-order valence-electron chi connectivity index (χ0n) is 14.2. The van der Waals surface area contributed by atoms with Gasteiger partial charge in [0.1, 0.15) is 0 Å². The molecular weight excluding hydrogens is 368 g/mol. The van der Waals surface area contributed by atoms with E-state index in [0.717, 1.165) is 6.42 Å². The number of nitrogens with one attached hydrogen (secondary N) is 2. The lowest BCUT2D eigenvalue weighted by Gasteiger charge is -2.17. The summed E-state index contributed by atoms with van der Waals surface area (Å²) in [6.45, 7) is 0.621. The van der Waals surface area contributed by atoms with Gasteiger partial charge in [-0.3, -0.25) is 14.3 Å². The first-order valence-electron chi connectivity index (χ1n) is 8.35. The number of carbonyl (C=O) groups excluding carboxylic acids is 1. The number of hydrogen-bond acceptors (Lipinski definition) is 5. The van der Waals surface area contributed by atoms with Crippen LogP contribution in [-0.2, 0) is 14.8 Å². The van der Waals surface area contributed by atoms with Gasteiger partial charge in [-0.1, -0.05) is 6.07 Å². The molecule has 0 aliphatic carbocycles. The van der Waals surface area contributed by atoms with Crippen molar-refractivity contribution in [2.75, 3.05) is 16.2 Å². The van der Waals surface area contributed by atoms with Crippen LogP contribution in [0.4, 0.5) is 11.4 Å². The summed E-state index contributed by atoms with van der Waals surface area (Å²) in [5.41, 5.74) is 0.989. The summed E-state index contributed by atoms with van der Waals surface area (Å²) in [4.78, 5) is 31.8. The van der Waals surface area contributed by atoms with Crippen LogP contribution in [0.3, 0.4) is 0 Å². The third kappa shape index (κ3) is 3.28. The fourth-order valence-corrected chi connectivity index (χ4v) is 4.16. The van der Waals surface area contributed by atoms with Gasteiger partial charge in [-0.15, -0.1) is 0 Å². The fraction of sp³-hybridized carbons (Fsp3) is 0.167. The Hall–Kier alpha value is -3.20. The molecule has 2 N–H and O–H groups in total. The molecule has 2 aromatic carbocycles. The molecule has 0 unspecified atom stereocenters. The number of benzene rings is 2. The predicted molar refractivity (Wildman–Crippen MR) is 101 cm³/mol. The molecule has 0 bridgehead atoms. The Morgan fingerprint density at radius 3 is 2.74 bits per heavy atom. The smallest absolute Gasteiger partial charge is 0.261 e. The van der Waals surface area contributed by atoms with E-state index in [1.54, 1.807) is 29.2 Å². The van der Waals surface area contributed by atoms with Crippen LogP contribution in [0, 0.1) is 0 Å². The number of H-pyrrole nitrogens is 1. The molecule has 1 fully saturated rings. The van der Waals surface area contributed by atoms with Crippen molar-refractivity contribution in [2.24, 2.45) is 0 Å². The summed E-state index contributed by atoms with van der Waals surface area (Å²) >= 11 is 0. The van der Waals surface area contributed by atoms with E-state index in [1.165, 1.54) is 24.5 Å². The topological polar surface area (TPSA) is 112 Å². The Labute approximate surface area is 154 Å². The normalized spacial score (nSPS) is 14.7. The molecule has 1 aromatic heterocycles. The minimum absolute atomic E-state index is 0.0243. The molecule has 2 heterocycles. The second-order valence-electron chi connectivity index (χ2n) is 6.22. The highest BCUT2D eigenvalue weighted by molar-refractivity contribution is 7.92. The third-order valence-corrected chi connectivity index (χ3v) is 5.78. The summed E-state index contributed by atoms with van der Waals surface area (Å²) in [7, 11) is -3.91. The molecule has 0 atom stereocenters. The standard InChI is InChI=1S/C18H16N4O4S/c23-17-5-2-8-22(17)13-4-1-3-12(9-13)21-27(25,26)14-6-7-16-15(10-14)18(24)20-11-19-16/h1,3-4,6-7,9-11,21H,2,5,8H2,(H,19,20,24). The SMILES string of the molecule is O=C1CCCN1c1cccc(NS(=O)(=O)c2ccc3nc[nH]c(=O)c3c2)c1. The first kappa shape index (κ1) is 17.2. The van der Waals surface area contributed by atoms with Crippen LogP contribution in [0.25, 0.3) is 10.9 Å². The molecule has 9 heteroatoms. The Bertz CT molecular complexity index is 1200. The lowest BCUT2D eigenvalue weighted by molar-refractivity contribution is -0.117. The molecule has 0 radical (unpaired) electrons. The average molecular weight is 384 g/mol. The van der Waals surface area contributed by atoms with E-state index in [9.17, 15) is 18.0 Å². The lowest BCUT2D eigenvalue weighted by Crippen LogP contribution is -2.23. The largest absolute Gasteiger partial charge is 0.313 e. The van der Waals surface area contributed by atoms with Gasteiger partial charge in [0.15, 0.2) is 0 Å². The van der Waals surface area contributed by atoms with E-state index >= 15 is 0 Å². The summed E-state index contributed by atoms with van der Waals surface area (Å²) in [5, 5.41) is 0.191. The maximum Gasteiger partial charge on any atom is 0.261 e. The first-order valence-corrected chi connectivity index (χ1v) is 9.83. The number of nitrogens with zero attached hydrogens (tertiary/aromatic N) is 2. The van der Waals surface area contributed by atoms with E-state index in [1.807, 2.05) is 0 Å². The van der Waals surface area contributed by atoms with Crippen LogP contribution >= 0.6 is 0 Å². The van der Waals surface area contributed by atoms with Crippen LogP contribution in [0.2, 0.25) is 0 Å². The highest BCUT2D eigenvalue weighted by Gasteiger charge is 2.22. The van der Waals surface area contributed by atoms with Gasteiger partial charge in [0.25, 0.3) is 15.6 Å². The van der Waals surface area contributed by atoms with Crippen molar-refractivity contribution in [3.8, 4) is 0 Å². The molecule has 0 spiro atoms. The second-order valence-corrected chi connectivity index (χ2v) is 7.90. The lowest BCUT2D eigenvalue weighted by atomic mass is 10.2. The molecule has 1 aliphatic rings. The molecule has 27 heavy (non-hydrogen) atoms. The Balaban J connectivity index is 1.67. The zero-order valence-corrected chi connectivity index (χ0v) is 15.0. The maximum absolute atomic E-state index is 12.7. The van der Waals surface area contributed by atoms with Crippen molar-refractivity contribution in [3.63, 3.8) is 0 Å². The van der Waals surface area contributed by atoms with Crippen molar-refractivity contribution in [3.05, 3.63) is 59.1 Å². The highest BCUT2D eigenvalue weighted by Crippen LogP contribution is 2.26. The first-order chi connectivity index (χ1) is 12.9. The van der Waals surface area contributed by atoms with Gasteiger partial charge in [0, 0.05) is 18.7 Å². The van der Waals surface area contributed by atoms with Crippen molar-refractivity contribution in [1.29, 1.82) is 0 Å². The fourth-order valence-electron chi connectivity index (χ4n) is 3.09. The summed E-state index contributed by atoms with van der Waals surface area (Å²) in [6, 6.07) is 10.9. The molecule has 4 rings (SSSR count). The van der Waals surface area contributed by atoms with Crippen LogP contribution in [-0.4, -0.2) is 30.8 Å². The summed E-state index contributed by atoms with van der Waals surface area (Å²) < 4.78 is 28.0. The van der Waals surface area contributed by atoms with Gasteiger partial charge < -0.3 is 9.88 Å². The summed E-state index contributed by atoms with van der Waals surface area (Å²) in [6.07, 6.45) is 2.55. The van der Waals surface area contributed by atoms with E-state index in [2.05, 4.69) is 14.7 Å². The van der Waals surface area contributed by atoms with Gasteiger partial charge in [0.2, 0.25) is 5.91 Å². The number of aromatic nitrogens is 2. The number of hydrogen-bond donors (Lipinski definition) is 2. The number of carbonyl (C=O) groups is 1. The van der Waals surface area contributed by atoms with E-state index in [0.29, 0.717) is 29.9 Å². The molecule has 1 saturated heterocycles. The number of rotatable bonds is 4. The van der Waals surface area contributed by atoms with Crippen LogP contribution in [0.5, 0.6) is 0 Å². The highest BCUT2D eigenvalue weighted by atomic mass is 32.2. The van der Waals surface area contributed by atoms with Gasteiger partial charge in [-0.05, 0) is 42.8 Å². The molecule has 0 saturated carbocycles. The predicted octanol–water partition coefficient (Wildman–Crippen LogP) is 1.85. The van der Waals surface area contributed by atoms with Gasteiger partial charge in [-0.25, -0.2) is 13.4 Å². The maximum atomic E-state index is 12.7. The van der Waals surface area contributed by atoms with E-state index in [-0.39, 0.29) is 16.2 Å². The zero-order chi connectivity index (χ0) is 19.0. The Kier molecular flexibility index (Phi) is 4.15. The summed E-state index contributed by atoms with van der Waals surface area (Å²) in [5.74, 6) is 0.0243. The number of fused-ring (bicyclic) bond motifs is 1. The molecule has 8 nitrogen and oxygen atoms in total. The van der Waals surface area contributed by atoms with Crippen LogP contribution < -0.4 is 15.2 Å². The number of sulfonamides is 1. The molecular formula is C18H16N4O4S. The number of amides is 1. The average Bonchev–Trinajstić information content (AvgIpc) is 3.08. The Morgan fingerprint density at radius 1 is 1.11 bits per heavy atom. The van der Waals surface area contributed by atoms with Crippen molar-refractivity contribution < 1.29 is 13.2 Å². The number of anilines is 2. The third-order valence-electron chi connectivity index (χ3n) is 4.41. The van der Waals surface area contributed by atoms with Crippen molar-refractivity contribution in [2.45, 2.75) is 17.7 Å². The van der Waals surface area contributed by atoms with Crippen molar-refractivity contribution >= 4 is 38.2 Å². The van der Waals surface area contributed by atoms with Gasteiger partial charge >= 0.3 is 0 Å². The van der Waals surface area contributed by atoms with Gasteiger partial charge in [-0.2, -0.15) is 0 Å². The van der Waals surface area contributed by atoms with Crippen LogP contribution in [0.15, 0.2) is 58.5 Å². The quantitative estimate of drug-likeness (QED) is 0.713. The minimum Gasteiger partial charge on any atom is -0.313 e. The monoisotopic (exact) mass is 384 g/mol. The molecule has 1 amide bonds. The molecule has 138 valence electrons. The van der Waals surface area contributed by atoms with Crippen molar-refractivity contribution in [1.82, 2.24) is 9.97 Å². The second kappa shape index (κ2) is 6.51. The van der Waals surface area contributed by atoms with Crippen LogP contribution in [0.1, 0.15) is 12.8 Å². The molecule has 3 aromatic rings. The van der Waals surface area contributed by atoms with E-state index in [4.69, 9.17) is 0 Å². The Morgan fingerprint density at radius 2 is 1.96 bits per heavy atom.